The second-order valence-electron chi connectivity index (χ2n) is 5.97. The fourth-order valence-electron chi connectivity index (χ4n) is 3.26. The summed E-state index contributed by atoms with van der Waals surface area (Å²) in [5.41, 5.74) is 0.747. The van der Waals surface area contributed by atoms with Gasteiger partial charge in [-0.15, -0.1) is 0 Å². The van der Waals surface area contributed by atoms with Crippen molar-refractivity contribution >= 4 is 16.7 Å². The maximum absolute atomic E-state index is 13.0. The molecule has 4 rings (SSSR count). The summed E-state index contributed by atoms with van der Waals surface area (Å²) < 4.78 is 5.35. The van der Waals surface area contributed by atoms with E-state index in [2.05, 4.69) is 15.4 Å². The van der Waals surface area contributed by atoms with Crippen molar-refractivity contribution in [3.8, 4) is 0 Å². The highest BCUT2D eigenvalue weighted by Crippen LogP contribution is 2.33. The Kier molecular flexibility index (Phi) is 3.41. The van der Waals surface area contributed by atoms with Gasteiger partial charge in [-0.1, -0.05) is 23.4 Å². The SMILES string of the molecule is Cc1cc([C@@H]2CCCN2C(=O)c2n[nH]c(=O)c3ccccc23)on1. The maximum Gasteiger partial charge on any atom is 0.275 e. The molecule has 0 saturated carbocycles. The summed E-state index contributed by atoms with van der Waals surface area (Å²) in [6.07, 6.45) is 1.71. The Morgan fingerprint density at radius 1 is 1.33 bits per heavy atom. The average Bonchev–Trinajstić information content (AvgIpc) is 3.23. The molecule has 0 bridgehead atoms. The minimum absolute atomic E-state index is 0.147. The summed E-state index contributed by atoms with van der Waals surface area (Å²) in [6.45, 7) is 2.48. The van der Waals surface area contributed by atoms with E-state index in [0.29, 0.717) is 23.1 Å². The molecule has 2 aromatic heterocycles. The highest BCUT2D eigenvalue weighted by Gasteiger charge is 2.34. The molecular weight excluding hydrogens is 308 g/mol. The van der Waals surface area contributed by atoms with Crippen LogP contribution in [0, 0.1) is 6.92 Å². The first-order valence-corrected chi connectivity index (χ1v) is 7.87. The van der Waals surface area contributed by atoms with Gasteiger partial charge in [0.1, 0.15) is 0 Å². The second-order valence-corrected chi connectivity index (χ2v) is 5.97. The maximum atomic E-state index is 13.0. The third-order valence-corrected chi connectivity index (χ3v) is 4.39. The van der Waals surface area contributed by atoms with E-state index in [9.17, 15) is 9.59 Å². The van der Waals surface area contributed by atoms with Crippen LogP contribution in [0.25, 0.3) is 10.8 Å². The van der Waals surface area contributed by atoms with Crippen molar-refractivity contribution in [3.05, 3.63) is 57.8 Å². The Morgan fingerprint density at radius 3 is 2.88 bits per heavy atom. The number of carbonyl (C=O) groups is 1. The number of carbonyl (C=O) groups excluding carboxylic acids is 1. The standard InChI is InChI=1S/C17H16N4O3/c1-10-9-14(24-20-10)13-7-4-8-21(13)17(23)15-11-5-2-3-6-12(11)16(22)19-18-15/h2-3,5-6,9,13H,4,7-8H2,1H3,(H,19,22)/t13-/m0/s1. The molecule has 122 valence electrons. The number of H-pyrrole nitrogens is 1. The lowest BCUT2D eigenvalue weighted by Crippen LogP contribution is -2.32. The topological polar surface area (TPSA) is 92.1 Å². The molecule has 0 spiro atoms. The fourth-order valence-corrected chi connectivity index (χ4v) is 3.26. The largest absolute Gasteiger partial charge is 0.359 e. The number of benzene rings is 1. The van der Waals surface area contributed by atoms with Gasteiger partial charge in [0.25, 0.3) is 11.5 Å². The number of aromatic nitrogens is 3. The van der Waals surface area contributed by atoms with Gasteiger partial charge in [-0.25, -0.2) is 5.10 Å². The molecule has 1 atom stereocenters. The number of nitrogens with one attached hydrogen (secondary N) is 1. The minimum atomic E-state index is -0.300. The summed E-state index contributed by atoms with van der Waals surface area (Å²) in [4.78, 5) is 26.7. The van der Waals surface area contributed by atoms with Crippen LogP contribution in [-0.2, 0) is 0 Å². The van der Waals surface area contributed by atoms with Crippen molar-refractivity contribution in [1.29, 1.82) is 0 Å². The lowest BCUT2D eigenvalue weighted by Gasteiger charge is -2.22. The van der Waals surface area contributed by atoms with Crippen LogP contribution in [0.15, 0.2) is 39.6 Å². The number of fused-ring (bicyclic) bond motifs is 1. The van der Waals surface area contributed by atoms with Gasteiger partial charge in [0.2, 0.25) is 0 Å². The Labute approximate surface area is 137 Å². The van der Waals surface area contributed by atoms with Gasteiger partial charge in [0, 0.05) is 18.0 Å². The zero-order valence-corrected chi connectivity index (χ0v) is 13.2. The van der Waals surface area contributed by atoms with E-state index in [4.69, 9.17) is 4.52 Å². The van der Waals surface area contributed by atoms with Crippen molar-refractivity contribution in [3.63, 3.8) is 0 Å². The van der Waals surface area contributed by atoms with Crippen LogP contribution in [0.1, 0.15) is 40.8 Å². The first-order chi connectivity index (χ1) is 11.6. The fraction of sp³-hybridized carbons (Fsp3) is 0.294. The zero-order chi connectivity index (χ0) is 16.7. The highest BCUT2D eigenvalue weighted by atomic mass is 16.5. The van der Waals surface area contributed by atoms with Crippen molar-refractivity contribution in [2.24, 2.45) is 0 Å². The first-order valence-electron chi connectivity index (χ1n) is 7.87. The molecule has 1 aromatic carbocycles. The predicted octanol–water partition coefficient (Wildman–Crippen LogP) is 2.20. The third-order valence-electron chi connectivity index (χ3n) is 4.39. The molecule has 3 heterocycles. The van der Waals surface area contributed by atoms with E-state index in [0.717, 1.165) is 18.5 Å². The van der Waals surface area contributed by atoms with Gasteiger partial charge >= 0.3 is 0 Å². The summed E-state index contributed by atoms with van der Waals surface area (Å²) >= 11 is 0. The molecule has 0 unspecified atom stereocenters. The Balaban J connectivity index is 1.76. The number of likely N-dealkylation sites (tertiary alicyclic amines) is 1. The van der Waals surface area contributed by atoms with Crippen LogP contribution < -0.4 is 5.56 Å². The Morgan fingerprint density at radius 2 is 2.12 bits per heavy atom. The normalized spacial score (nSPS) is 17.5. The molecule has 7 heteroatoms. The van der Waals surface area contributed by atoms with Crippen LogP contribution in [0.3, 0.4) is 0 Å². The van der Waals surface area contributed by atoms with E-state index >= 15 is 0 Å². The summed E-state index contributed by atoms with van der Waals surface area (Å²) in [5.74, 6) is 0.478. The van der Waals surface area contributed by atoms with E-state index in [1.165, 1.54) is 0 Å². The number of nitrogens with zero attached hydrogens (tertiary/aromatic N) is 3. The summed E-state index contributed by atoms with van der Waals surface area (Å²) in [6, 6.07) is 8.70. The van der Waals surface area contributed by atoms with Gasteiger partial charge < -0.3 is 9.42 Å². The number of hydrogen-bond donors (Lipinski definition) is 1. The lowest BCUT2D eigenvalue weighted by atomic mass is 10.1. The van der Waals surface area contributed by atoms with Gasteiger partial charge in [0.05, 0.1) is 17.1 Å². The minimum Gasteiger partial charge on any atom is -0.359 e. The molecular formula is C17H16N4O3. The monoisotopic (exact) mass is 324 g/mol. The first kappa shape index (κ1) is 14.6. The highest BCUT2D eigenvalue weighted by molar-refractivity contribution is 6.04. The van der Waals surface area contributed by atoms with Crippen molar-refractivity contribution in [2.75, 3.05) is 6.54 Å². The average molecular weight is 324 g/mol. The molecule has 0 aliphatic carbocycles. The number of rotatable bonds is 2. The van der Waals surface area contributed by atoms with Crippen LogP contribution >= 0.6 is 0 Å². The second kappa shape index (κ2) is 5.59. The van der Waals surface area contributed by atoms with Crippen LogP contribution in [0.4, 0.5) is 0 Å². The summed E-state index contributed by atoms with van der Waals surface area (Å²) in [7, 11) is 0. The molecule has 1 fully saturated rings. The van der Waals surface area contributed by atoms with Crippen molar-refractivity contribution in [1.82, 2.24) is 20.3 Å². The zero-order valence-electron chi connectivity index (χ0n) is 13.2. The van der Waals surface area contributed by atoms with Crippen LogP contribution in [0.5, 0.6) is 0 Å². The molecule has 3 aromatic rings. The van der Waals surface area contributed by atoms with E-state index in [1.54, 1.807) is 29.2 Å². The van der Waals surface area contributed by atoms with E-state index < -0.39 is 0 Å². The number of amides is 1. The molecule has 1 saturated heterocycles. The predicted molar refractivity (Wildman–Crippen MR) is 86.6 cm³/mol. The molecule has 1 amide bonds. The van der Waals surface area contributed by atoms with E-state index in [-0.39, 0.29) is 23.2 Å². The molecule has 0 radical (unpaired) electrons. The molecule has 7 nitrogen and oxygen atoms in total. The van der Waals surface area contributed by atoms with E-state index in [1.807, 2.05) is 13.0 Å². The number of aromatic amines is 1. The Bertz CT molecular complexity index is 975. The molecule has 24 heavy (non-hydrogen) atoms. The quantitative estimate of drug-likeness (QED) is 0.780. The van der Waals surface area contributed by atoms with Gasteiger partial charge in [0.15, 0.2) is 11.5 Å². The third kappa shape index (κ3) is 2.29. The van der Waals surface area contributed by atoms with Gasteiger partial charge in [-0.2, -0.15) is 5.10 Å². The van der Waals surface area contributed by atoms with Gasteiger partial charge in [-0.05, 0) is 25.8 Å². The number of hydrogen-bond acceptors (Lipinski definition) is 5. The molecule has 1 aliphatic rings. The Hall–Kier alpha value is -2.96. The summed E-state index contributed by atoms with van der Waals surface area (Å²) in [5, 5.41) is 11.4. The van der Waals surface area contributed by atoms with Crippen molar-refractivity contribution < 1.29 is 9.32 Å². The number of aryl methyl sites for hydroxylation is 1. The van der Waals surface area contributed by atoms with Crippen LogP contribution in [-0.4, -0.2) is 32.7 Å². The smallest absolute Gasteiger partial charge is 0.275 e. The van der Waals surface area contributed by atoms with Crippen molar-refractivity contribution in [2.45, 2.75) is 25.8 Å². The van der Waals surface area contributed by atoms with Gasteiger partial charge in [-0.3, -0.25) is 9.59 Å². The lowest BCUT2D eigenvalue weighted by molar-refractivity contribution is 0.0709. The van der Waals surface area contributed by atoms with Crippen LogP contribution in [0.2, 0.25) is 0 Å². The molecule has 1 aliphatic heterocycles. The molecule has 1 N–H and O–H groups in total.